The Morgan fingerprint density at radius 3 is 2.29 bits per heavy atom. The van der Waals surface area contributed by atoms with E-state index in [1.807, 2.05) is 6.92 Å². The molecule has 0 saturated carbocycles. The number of nitrogens with zero attached hydrogens (tertiary/aromatic N) is 2. The number of rotatable bonds is 9. The molecule has 0 spiro atoms. The van der Waals surface area contributed by atoms with Gasteiger partial charge in [-0.25, -0.2) is 8.42 Å². The Labute approximate surface area is 200 Å². The molecular formula is C23H22F2N4O5S. The summed E-state index contributed by atoms with van der Waals surface area (Å²) >= 11 is 0. The first-order chi connectivity index (χ1) is 16.5. The maximum absolute atomic E-state index is 13.2. The molecule has 184 valence electrons. The topological polar surface area (TPSA) is 123 Å². The number of non-ortho nitro benzene ring substituents is 1. The van der Waals surface area contributed by atoms with Crippen molar-refractivity contribution in [2.75, 3.05) is 10.1 Å². The van der Waals surface area contributed by atoms with Crippen molar-refractivity contribution in [1.29, 1.82) is 0 Å². The zero-order chi connectivity index (χ0) is 25.8. The molecule has 12 heteroatoms. The summed E-state index contributed by atoms with van der Waals surface area (Å²) in [4.78, 5) is 10.2. The maximum atomic E-state index is 13.2. The lowest BCUT2D eigenvalue weighted by Gasteiger charge is -2.14. The molecule has 0 aromatic heterocycles. The number of nitrogens with one attached hydrogen (secondary N) is 2. The third-order valence-electron chi connectivity index (χ3n) is 4.93. The molecular weight excluding hydrogens is 482 g/mol. The Morgan fingerprint density at radius 1 is 1.03 bits per heavy atom. The average molecular weight is 505 g/mol. The molecule has 9 nitrogen and oxygen atoms in total. The van der Waals surface area contributed by atoms with Gasteiger partial charge in [-0.1, -0.05) is 17.7 Å². The molecule has 0 fully saturated rings. The van der Waals surface area contributed by atoms with Gasteiger partial charge in [0.25, 0.3) is 15.7 Å². The first kappa shape index (κ1) is 25.6. The summed E-state index contributed by atoms with van der Waals surface area (Å²) in [7, 11) is -4.24. The summed E-state index contributed by atoms with van der Waals surface area (Å²) in [5, 5.41) is 15.4. The predicted molar refractivity (Wildman–Crippen MR) is 129 cm³/mol. The number of benzene rings is 3. The molecule has 0 bridgehead atoms. The Hall–Kier alpha value is -4.06. The van der Waals surface area contributed by atoms with Crippen molar-refractivity contribution in [3.05, 3.63) is 87.5 Å². The number of ether oxygens (including phenoxy) is 1. The van der Waals surface area contributed by atoms with E-state index in [2.05, 4.69) is 20.0 Å². The van der Waals surface area contributed by atoms with Crippen LogP contribution >= 0.6 is 0 Å². The number of aryl methyl sites for hydroxylation is 2. The highest BCUT2D eigenvalue weighted by atomic mass is 32.2. The van der Waals surface area contributed by atoms with Gasteiger partial charge in [-0.05, 0) is 68.3 Å². The summed E-state index contributed by atoms with van der Waals surface area (Å²) in [6.07, 6.45) is 0. The Morgan fingerprint density at radius 2 is 1.69 bits per heavy atom. The molecule has 3 aromatic rings. The fourth-order valence-corrected chi connectivity index (χ4v) is 4.46. The van der Waals surface area contributed by atoms with Crippen LogP contribution in [0.5, 0.6) is 5.75 Å². The van der Waals surface area contributed by atoms with E-state index in [-0.39, 0.29) is 16.3 Å². The van der Waals surface area contributed by atoms with Crippen molar-refractivity contribution in [1.82, 2.24) is 0 Å². The molecule has 0 aliphatic rings. The number of anilines is 2. The monoisotopic (exact) mass is 504 g/mol. The van der Waals surface area contributed by atoms with Crippen molar-refractivity contribution in [2.45, 2.75) is 32.3 Å². The first-order valence-electron chi connectivity index (χ1n) is 10.2. The minimum Gasteiger partial charge on any atom is -0.435 e. The van der Waals surface area contributed by atoms with E-state index >= 15 is 0 Å². The Bertz CT molecular complexity index is 1380. The molecule has 3 rings (SSSR count). The minimum absolute atomic E-state index is 0.00451. The van der Waals surface area contributed by atoms with Crippen LogP contribution in [0.4, 0.5) is 25.8 Å². The van der Waals surface area contributed by atoms with Crippen LogP contribution in [0.15, 0.2) is 70.7 Å². The first-order valence-corrected chi connectivity index (χ1v) is 11.7. The number of hydrogen-bond acceptors (Lipinski definition) is 7. The Balaban J connectivity index is 1.93. The molecule has 0 radical (unpaired) electrons. The molecule has 3 aromatic carbocycles. The quantitative estimate of drug-likeness (QED) is 0.227. The van der Waals surface area contributed by atoms with Gasteiger partial charge in [0.05, 0.1) is 22.0 Å². The van der Waals surface area contributed by atoms with E-state index < -0.39 is 27.2 Å². The lowest BCUT2D eigenvalue weighted by molar-refractivity contribution is -0.385. The summed E-state index contributed by atoms with van der Waals surface area (Å²) in [6, 6.07) is 14.2. The van der Waals surface area contributed by atoms with E-state index in [1.165, 1.54) is 30.3 Å². The molecule has 0 aliphatic carbocycles. The van der Waals surface area contributed by atoms with Gasteiger partial charge in [0, 0.05) is 12.1 Å². The van der Waals surface area contributed by atoms with Crippen LogP contribution in [-0.2, 0) is 10.0 Å². The number of sulfonamides is 1. The van der Waals surface area contributed by atoms with Crippen LogP contribution in [0.2, 0.25) is 0 Å². The minimum atomic E-state index is -4.24. The lowest BCUT2D eigenvalue weighted by Crippen LogP contribution is -2.16. The highest BCUT2D eigenvalue weighted by Crippen LogP contribution is 2.29. The predicted octanol–water partition coefficient (Wildman–Crippen LogP) is 5.45. The highest BCUT2D eigenvalue weighted by molar-refractivity contribution is 7.92. The van der Waals surface area contributed by atoms with Gasteiger partial charge < -0.3 is 4.74 Å². The molecule has 0 heterocycles. The fraction of sp³-hybridized carbons (Fsp3) is 0.174. The van der Waals surface area contributed by atoms with Gasteiger partial charge in [0.2, 0.25) is 0 Å². The molecule has 0 atom stereocenters. The smallest absolute Gasteiger partial charge is 0.387 e. The van der Waals surface area contributed by atoms with Crippen LogP contribution in [0.3, 0.4) is 0 Å². The average Bonchev–Trinajstić information content (AvgIpc) is 2.79. The van der Waals surface area contributed by atoms with Crippen LogP contribution in [0, 0.1) is 24.0 Å². The zero-order valence-corrected chi connectivity index (χ0v) is 19.8. The molecule has 0 aliphatic heterocycles. The third kappa shape index (κ3) is 6.51. The zero-order valence-electron chi connectivity index (χ0n) is 19.0. The van der Waals surface area contributed by atoms with Crippen molar-refractivity contribution in [3.8, 4) is 5.75 Å². The number of hydrogen-bond donors (Lipinski definition) is 2. The molecule has 2 N–H and O–H groups in total. The largest absolute Gasteiger partial charge is 0.435 e. The van der Waals surface area contributed by atoms with E-state index in [0.717, 1.165) is 17.7 Å². The molecule has 0 unspecified atom stereocenters. The van der Waals surface area contributed by atoms with Crippen LogP contribution in [-0.4, -0.2) is 25.7 Å². The number of alkyl halides is 2. The van der Waals surface area contributed by atoms with Crippen molar-refractivity contribution >= 4 is 32.8 Å². The lowest BCUT2D eigenvalue weighted by atomic mass is 10.1. The van der Waals surface area contributed by atoms with Gasteiger partial charge in [0.1, 0.15) is 10.6 Å². The fourth-order valence-electron chi connectivity index (χ4n) is 3.15. The van der Waals surface area contributed by atoms with Gasteiger partial charge in [-0.3, -0.25) is 20.3 Å². The van der Waals surface area contributed by atoms with E-state index in [1.54, 1.807) is 32.0 Å². The molecule has 35 heavy (non-hydrogen) atoms. The highest BCUT2D eigenvalue weighted by Gasteiger charge is 2.23. The Kier molecular flexibility index (Phi) is 7.65. The maximum Gasteiger partial charge on any atom is 0.387 e. The number of nitro benzene ring substituents is 1. The van der Waals surface area contributed by atoms with Crippen molar-refractivity contribution in [3.63, 3.8) is 0 Å². The van der Waals surface area contributed by atoms with Crippen molar-refractivity contribution in [2.24, 2.45) is 5.10 Å². The standard InChI is InChI=1S/C23H22F2N4O5S/c1-14-4-10-20(15(2)12-14)28-35(32,33)22-13-18(29(30)31)7-11-21(22)27-26-16(3)17-5-8-19(9-6-17)34-23(24)25/h4-13,23,27-28H,1-3H3. The van der Waals surface area contributed by atoms with Crippen LogP contribution in [0.25, 0.3) is 0 Å². The number of halogens is 2. The van der Waals surface area contributed by atoms with Gasteiger partial charge in [-0.2, -0.15) is 13.9 Å². The molecule has 0 amide bonds. The van der Waals surface area contributed by atoms with E-state index in [0.29, 0.717) is 22.5 Å². The van der Waals surface area contributed by atoms with E-state index in [9.17, 15) is 27.3 Å². The van der Waals surface area contributed by atoms with Gasteiger partial charge in [-0.15, -0.1) is 0 Å². The SMILES string of the molecule is CC(=NNc1ccc([N+](=O)[O-])cc1S(=O)(=O)Nc1ccc(C)cc1C)c1ccc(OC(F)F)cc1. The van der Waals surface area contributed by atoms with Crippen molar-refractivity contribution < 1.29 is 26.9 Å². The number of nitro groups is 1. The number of hydrazone groups is 1. The van der Waals surface area contributed by atoms with Gasteiger partial charge in [0.15, 0.2) is 0 Å². The normalized spacial score (nSPS) is 11.9. The second kappa shape index (κ2) is 10.5. The second-order valence-electron chi connectivity index (χ2n) is 7.57. The summed E-state index contributed by atoms with van der Waals surface area (Å²) in [6.45, 7) is 2.27. The van der Waals surface area contributed by atoms with Crippen LogP contribution in [0.1, 0.15) is 23.6 Å². The van der Waals surface area contributed by atoms with Crippen LogP contribution < -0.4 is 14.9 Å². The molecule has 0 saturated heterocycles. The summed E-state index contributed by atoms with van der Waals surface area (Å²) in [5.41, 5.74) is 5.14. The summed E-state index contributed by atoms with van der Waals surface area (Å²) in [5.74, 6) is -0.0225. The van der Waals surface area contributed by atoms with Gasteiger partial charge >= 0.3 is 6.61 Å². The second-order valence-corrected chi connectivity index (χ2v) is 9.22. The van der Waals surface area contributed by atoms with E-state index in [4.69, 9.17) is 0 Å². The third-order valence-corrected chi connectivity index (χ3v) is 6.34. The summed E-state index contributed by atoms with van der Waals surface area (Å²) < 4.78 is 57.8.